The average molecular weight is 469 g/mol. The number of amides is 2. The number of ether oxygens (including phenoxy) is 1. The summed E-state index contributed by atoms with van der Waals surface area (Å²) in [6, 6.07) is 7.46. The quantitative estimate of drug-likeness (QED) is 0.612. The molecule has 3 aliphatic heterocycles. The molecule has 3 aliphatic rings. The lowest BCUT2D eigenvalue weighted by Gasteiger charge is -2.39. The van der Waals surface area contributed by atoms with Crippen LogP contribution in [-0.2, 0) is 9.59 Å². The number of carbonyl (C=O) groups is 2. The van der Waals surface area contributed by atoms with Gasteiger partial charge >= 0.3 is 0 Å². The summed E-state index contributed by atoms with van der Waals surface area (Å²) in [5, 5.41) is 4.66. The zero-order chi connectivity index (χ0) is 22.1. The van der Waals surface area contributed by atoms with Gasteiger partial charge in [0.05, 0.1) is 5.57 Å². The molecule has 0 N–H and O–H groups in total. The van der Waals surface area contributed by atoms with Gasteiger partial charge in [-0.3, -0.25) is 9.59 Å². The second-order valence-corrected chi connectivity index (χ2v) is 10.0. The highest BCUT2D eigenvalue weighted by atomic mass is 35.5. The first-order valence-corrected chi connectivity index (χ1v) is 12.2. The Morgan fingerprint density at radius 2 is 1.88 bits per heavy atom. The smallest absolute Gasteiger partial charge is 0.253 e. The number of rotatable bonds is 3. The third-order valence-electron chi connectivity index (χ3n) is 6.78. The number of fused-ring (bicyclic) bond motifs is 1. The standard InChI is InChI=1S/C25H25ClN2O3S/c26-21-2-3-22-19(14-21)13-20(15-31-22)24(30)28-11-8-25(17-28)6-9-27(10-7-25)23(29)4-1-18-5-12-32-16-18/h1-5,12-14,16H,6-11,15,17H2. The molecule has 0 unspecified atom stereocenters. The summed E-state index contributed by atoms with van der Waals surface area (Å²) < 4.78 is 5.77. The lowest BCUT2D eigenvalue weighted by molar-refractivity contribution is -0.129. The molecule has 2 amide bonds. The van der Waals surface area contributed by atoms with Gasteiger partial charge in [-0.1, -0.05) is 11.6 Å². The van der Waals surface area contributed by atoms with Crippen LogP contribution in [0.25, 0.3) is 12.2 Å². The molecule has 0 radical (unpaired) electrons. The first kappa shape index (κ1) is 21.3. The normalized spacial score (nSPS) is 19.7. The van der Waals surface area contributed by atoms with Crippen LogP contribution in [0, 0.1) is 5.41 Å². The minimum Gasteiger partial charge on any atom is -0.488 e. The first-order valence-electron chi connectivity index (χ1n) is 10.9. The highest BCUT2D eigenvalue weighted by Gasteiger charge is 2.43. The van der Waals surface area contributed by atoms with Crippen LogP contribution >= 0.6 is 22.9 Å². The van der Waals surface area contributed by atoms with E-state index in [1.807, 2.05) is 50.9 Å². The Morgan fingerprint density at radius 3 is 2.62 bits per heavy atom. The minimum absolute atomic E-state index is 0.0460. The van der Waals surface area contributed by atoms with Crippen molar-refractivity contribution in [2.75, 3.05) is 32.8 Å². The van der Waals surface area contributed by atoms with Crippen molar-refractivity contribution in [1.29, 1.82) is 0 Å². The second-order valence-electron chi connectivity index (χ2n) is 8.83. The van der Waals surface area contributed by atoms with Gasteiger partial charge in [-0.2, -0.15) is 11.3 Å². The predicted octanol–water partition coefficient (Wildman–Crippen LogP) is 4.73. The SMILES string of the molecule is O=C(C=Cc1ccsc1)N1CCC2(CC1)CCN(C(=O)C1=Cc3cc(Cl)ccc3OC1)C2. The van der Waals surface area contributed by atoms with Crippen LogP contribution in [0.5, 0.6) is 5.75 Å². The Bertz CT molecular complexity index is 1080. The van der Waals surface area contributed by atoms with E-state index in [-0.39, 0.29) is 23.8 Å². The topological polar surface area (TPSA) is 49.9 Å². The zero-order valence-corrected chi connectivity index (χ0v) is 19.3. The molecular formula is C25H25ClN2O3S. The van der Waals surface area contributed by atoms with Gasteiger partial charge < -0.3 is 14.5 Å². The van der Waals surface area contributed by atoms with E-state index in [1.54, 1.807) is 23.5 Å². The molecule has 7 heteroatoms. The molecule has 2 fully saturated rings. The maximum Gasteiger partial charge on any atom is 0.253 e. The molecule has 1 aromatic heterocycles. The van der Waals surface area contributed by atoms with Crippen molar-refractivity contribution in [3.8, 4) is 5.75 Å². The van der Waals surface area contributed by atoms with Crippen molar-refractivity contribution in [2.24, 2.45) is 5.41 Å². The highest BCUT2D eigenvalue weighted by molar-refractivity contribution is 7.08. The summed E-state index contributed by atoms with van der Waals surface area (Å²) in [4.78, 5) is 29.6. The van der Waals surface area contributed by atoms with Gasteiger partial charge in [0.25, 0.3) is 5.91 Å². The molecule has 1 spiro atoms. The predicted molar refractivity (Wildman–Crippen MR) is 128 cm³/mol. The fraction of sp³-hybridized carbons (Fsp3) is 0.360. The van der Waals surface area contributed by atoms with Crippen molar-refractivity contribution >= 4 is 46.9 Å². The van der Waals surface area contributed by atoms with Crippen molar-refractivity contribution in [3.05, 3.63) is 62.8 Å². The van der Waals surface area contributed by atoms with Gasteiger partial charge in [0.1, 0.15) is 12.4 Å². The fourth-order valence-corrected chi connectivity index (χ4v) is 5.64. The van der Waals surface area contributed by atoms with E-state index in [0.717, 1.165) is 62.3 Å². The van der Waals surface area contributed by atoms with Gasteiger partial charge in [-0.15, -0.1) is 0 Å². The summed E-state index contributed by atoms with van der Waals surface area (Å²) in [5.41, 5.74) is 2.69. The van der Waals surface area contributed by atoms with Gasteiger partial charge in [-0.25, -0.2) is 0 Å². The van der Waals surface area contributed by atoms with Crippen molar-refractivity contribution in [3.63, 3.8) is 0 Å². The molecule has 5 nitrogen and oxygen atoms in total. The Hall–Kier alpha value is -2.57. The Labute approximate surface area is 196 Å². The molecular weight excluding hydrogens is 444 g/mol. The maximum atomic E-state index is 13.2. The number of likely N-dealkylation sites (tertiary alicyclic amines) is 2. The van der Waals surface area contributed by atoms with Crippen LogP contribution in [-0.4, -0.2) is 54.4 Å². The lowest BCUT2D eigenvalue weighted by atomic mass is 9.77. The lowest BCUT2D eigenvalue weighted by Crippen LogP contribution is -2.44. The van der Waals surface area contributed by atoms with Crippen LogP contribution in [0.3, 0.4) is 0 Å². The number of hydrogen-bond donors (Lipinski definition) is 0. The van der Waals surface area contributed by atoms with E-state index in [1.165, 1.54) is 0 Å². The van der Waals surface area contributed by atoms with Crippen LogP contribution in [0.15, 0.2) is 46.7 Å². The van der Waals surface area contributed by atoms with Crippen LogP contribution in [0.2, 0.25) is 5.02 Å². The van der Waals surface area contributed by atoms with Crippen LogP contribution < -0.4 is 4.74 Å². The van der Waals surface area contributed by atoms with E-state index in [4.69, 9.17) is 16.3 Å². The fourth-order valence-electron chi connectivity index (χ4n) is 4.84. The molecule has 0 bridgehead atoms. The molecule has 0 aliphatic carbocycles. The number of nitrogens with zero attached hydrogens (tertiary/aromatic N) is 2. The zero-order valence-electron chi connectivity index (χ0n) is 17.8. The molecule has 0 atom stereocenters. The molecule has 32 heavy (non-hydrogen) atoms. The molecule has 5 rings (SSSR count). The van der Waals surface area contributed by atoms with Gasteiger partial charge in [0, 0.05) is 42.8 Å². The number of piperidine rings is 1. The van der Waals surface area contributed by atoms with E-state index >= 15 is 0 Å². The van der Waals surface area contributed by atoms with Crippen LogP contribution in [0.4, 0.5) is 0 Å². The van der Waals surface area contributed by atoms with Crippen molar-refractivity contribution in [2.45, 2.75) is 19.3 Å². The minimum atomic E-state index is 0.0460. The van der Waals surface area contributed by atoms with Crippen molar-refractivity contribution in [1.82, 2.24) is 9.80 Å². The Balaban J connectivity index is 1.19. The molecule has 4 heterocycles. The van der Waals surface area contributed by atoms with Crippen LogP contribution in [0.1, 0.15) is 30.4 Å². The third-order valence-corrected chi connectivity index (χ3v) is 7.72. The summed E-state index contributed by atoms with van der Waals surface area (Å²) in [5.74, 6) is 0.873. The maximum absolute atomic E-state index is 13.2. The molecule has 0 saturated carbocycles. The summed E-state index contributed by atoms with van der Waals surface area (Å²) in [7, 11) is 0. The number of halogens is 1. The highest BCUT2D eigenvalue weighted by Crippen LogP contribution is 2.41. The van der Waals surface area contributed by atoms with E-state index in [0.29, 0.717) is 10.6 Å². The summed E-state index contributed by atoms with van der Waals surface area (Å²) in [6.07, 6.45) is 8.31. The molecule has 1 aromatic carbocycles. The first-order chi connectivity index (χ1) is 15.5. The number of benzene rings is 1. The molecule has 2 saturated heterocycles. The van der Waals surface area contributed by atoms with Gasteiger partial charge in [-0.05, 0) is 77.4 Å². The molecule has 166 valence electrons. The third kappa shape index (κ3) is 4.34. The van der Waals surface area contributed by atoms with Gasteiger partial charge in [0.15, 0.2) is 0 Å². The number of hydrogen-bond acceptors (Lipinski definition) is 4. The second kappa shape index (κ2) is 8.75. The largest absolute Gasteiger partial charge is 0.488 e. The molecule has 2 aromatic rings. The van der Waals surface area contributed by atoms with Crippen molar-refractivity contribution < 1.29 is 14.3 Å². The summed E-state index contributed by atoms with van der Waals surface area (Å²) >= 11 is 7.72. The number of thiophene rings is 1. The Kier molecular flexibility index (Phi) is 5.82. The van der Waals surface area contributed by atoms with E-state index in [2.05, 4.69) is 0 Å². The van der Waals surface area contributed by atoms with Gasteiger partial charge in [0.2, 0.25) is 5.91 Å². The van der Waals surface area contributed by atoms with E-state index < -0.39 is 0 Å². The van der Waals surface area contributed by atoms with E-state index in [9.17, 15) is 9.59 Å². The average Bonchev–Trinajstić information content (AvgIpc) is 3.47. The Morgan fingerprint density at radius 1 is 1.09 bits per heavy atom. The monoisotopic (exact) mass is 468 g/mol. The summed E-state index contributed by atoms with van der Waals surface area (Å²) in [6.45, 7) is 3.28. The number of carbonyl (C=O) groups excluding carboxylic acids is 2.